The molecule has 6 heteroatoms. The first-order chi connectivity index (χ1) is 9.38. The highest BCUT2D eigenvalue weighted by Crippen LogP contribution is 2.28. The Bertz CT molecular complexity index is 541. The highest BCUT2D eigenvalue weighted by atomic mass is 32.1. The van der Waals surface area contributed by atoms with Gasteiger partial charge in [0.2, 0.25) is 0 Å². The number of fused-ring (bicyclic) bond motifs is 1. The van der Waals surface area contributed by atoms with Crippen molar-refractivity contribution < 1.29 is 4.52 Å². The summed E-state index contributed by atoms with van der Waals surface area (Å²) in [4.78, 5) is 7.97. The molecule has 2 aliphatic heterocycles. The first kappa shape index (κ1) is 11.6. The maximum absolute atomic E-state index is 5.32. The lowest BCUT2D eigenvalue weighted by Crippen LogP contribution is -2.25. The molecule has 2 saturated heterocycles. The second-order valence-electron chi connectivity index (χ2n) is 5.37. The summed E-state index contributed by atoms with van der Waals surface area (Å²) in [6.45, 7) is 5.44. The highest BCUT2D eigenvalue weighted by molar-refractivity contribution is 7.13. The molecule has 0 bridgehead atoms. The molecule has 2 aromatic rings. The minimum Gasteiger partial charge on any atom is -0.333 e. The number of hydrogen-bond donors (Lipinski definition) is 1. The number of nitrogens with one attached hydrogen (secondary N) is 1. The van der Waals surface area contributed by atoms with Gasteiger partial charge in [0.15, 0.2) is 5.82 Å². The van der Waals surface area contributed by atoms with Gasteiger partial charge in [-0.3, -0.25) is 4.90 Å². The van der Waals surface area contributed by atoms with Gasteiger partial charge in [-0.1, -0.05) is 11.2 Å². The normalized spacial score (nSPS) is 26.9. The summed E-state index contributed by atoms with van der Waals surface area (Å²) in [5.74, 6) is 3.06. The van der Waals surface area contributed by atoms with E-state index in [1.54, 1.807) is 11.3 Å². The number of hydrogen-bond acceptors (Lipinski definition) is 6. The standard InChI is InChI=1S/C13H16N4OS/c1-2-11(19-3-1)13-15-12(16-18-13)8-17-6-9-4-14-5-10(9)7-17/h1-3,9-10,14H,4-8H2. The molecule has 4 heterocycles. The Morgan fingerprint density at radius 3 is 2.95 bits per heavy atom. The zero-order valence-corrected chi connectivity index (χ0v) is 11.4. The number of aromatic nitrogens is 2. The van der Waals surface area contributed by atoms with E-state index in [4.69, 9.17) is 4.52 Å². The van der Waals surface area contributed by atoms with Gasteiger partial charge in [-0.2, -0.15) is 4.98 Å². The van der Waals surface area contributed by atoms with E-state index >= 15 is 0 Å². The van der Waals surface area contributed by atoms with Crippen LogP contribution in [-0.4, -0.2) is 41.2 Å². The van der Waals surface area contributed by atoms with Crippen molar-refractivity contribution in [3.63, 3.8) is 0 Å². The van der Waals surface area contributed by atoms with Crippen molar-refractivity contribution in [2.24, 2.45) is 11.8 Å². The fraction of sp³-hybridized carbons (Fsp3) is 0.538. The predicted octanol–water partition coefficient (Wildman–Crippen LogP) is 1.45. The number of likely N-dealkylation sites (tertiary alicyclic amines) is 1. The van der Waals surface area contributed by atoms with Crippen LogP contribution in [0.4, 0.5) is 0 Å². The Hall–Kier alpha value is -1.24. The largest absolute Gasteiger partial charge is 0.333 e. The van der Waals surface area contributed by atoms with Crippen LogP contribution in [-0.2, 0) is 6.54 Å². The number of nitrogens with zero attached hydrogens (tertiary/aromatic N) is 3. The Kier molecular flexibility index (Phi) is 2.86. The lowest BCUT2D eigenvalue weighted by molar-refractivity contribution is 0.291. The van der Waals surface area contributed by atoms with Gasteiger partial charge in [0.1, 0.15) is 0 Å². The average molecular weight is 276 g/mol. The molecule has 0 saturated carbocycles. The predicted molar refractivity (Wildman–Crippen MR) is 72.7 cm³/mol. The summed E-state index contributed by atoms with van der Waals surface area (Å²) in [6, 6.07) is 4.01. The highest BCUT2D eigenvalue weighted by Gasteiger charge is 2.36. The molecular formula is C13H16N4OS. The summed E-state index contributed by atoms with van der Waals surface area (Å²) in [6.07, 6.45) is 0. The molecule has 4 rings (SSSR count). The van der Waals surface area contributed by atoms with Gasteiger partial charge < -0.3 is 9.84 Å². The van der Waals surface area contributed by atoms with Gasteiger partial charge in [0.05, 0.1) is 11.4 Å². The third kappa shape index (κ3) is 2.20. The third-order valence-corrected chi connectivity index (χ3v) is 4.89. The van der Waals surface area contributed by atoms with Crippen molar-refractivity contribution in [2.75, 3.05) is 26.2 Å². The van der Waals surface area contributed by atoms with E-state index in [-0.39, 0.29) is 0 Å². The third-order valence-electron chi connectivity index (χ3n) is 4.03. The summed E-state index contributed by atoms with van der Waals surface area (Å²) in [5, 5.41) is 9.57. The van der Waals surface area contributed by atoms with Crippen molar-refractivity contribution in [1.29, 1.82) is 0 Å². The molecule has 100 valence electrons. The second-order valence-corrected chi connectivity index (χ2v) is 6.31. The molecule has 1 N–H and O–H groups in total. The van der Waals surface area contributed by atoms with E-state index in [1.165, 1.54) is 0 Å². The van der Waals surface area contributed by atoms with E-state index < -0.39 is 0 Å². The van der Waals surface area contributed by atoms with Gasteiger partial charge in [0.25, 0.3) is 5.89 Å². The molecule has 0 radical (unpaired) electrons. The van der Waals surface area contributed by atoms with E-state index in [9.17, 15) is 0 Å². The van der Waals surface area contributed by atoms with E-state index in [0.29, 0.717) is 5.89 Å². The molecule has 2 aromatic heterocycles. The maximum atomic E-state index is 5.32. The van der Waals surface area contributed by atoms with Crippen molar-refractivity contribution in [1.82, 2.24) is 20.4 Å². The van der Waals surface area contributed by atoms with E-state index in [0.717, 1.165) is 55.3 Å². The fourth-order valence-corrected chi connectivity index (χ4v) is 3.74. The number of rotatable bonds is 3. The van der Waals surface area contributed by atoms with Crippen LogP contribution in [0.1, 0.15) is 5.82 Å². The molecule has 0 aliphatic carbocycles. The molecule has 2 aliphatic rings. The first-order valence-corrected chi connectivity index (χ1v) is 7.56. The smallest absolute Gasteiger partial charge is 0.268 e. The van der Waals surface area contributed by atoms with Crippen LogP contribution in [0.5, 0.6) is 0 Å². The SMILES string of the molecule is c1csc(-c2nc(CN3CC4CNCC4C3)no2)c1. The van der Waals surface area contributed by atoms with Crippen LogP contribution in [0.2, 0.25) is 0 Å². The summed E-state index contributed by atoms with van der Waals surface area (Å²) in [5.41, 5.74) is 0. The van der Waals surface area contributed by atoms with E-state index in [2.05, 4.69) is 20.4 Å². The Morgan fingerprint density at radius 1 is 1.37 bits per heavy atom. The van der Waals surface area contributed by atoms with Crippen LogP contribution in [0.3, 0.4) is 0 Å². The summed E-state index contributed by atoms with van der Waals surface area (Å²) < 4.78 is 5.32. The fourth-order valence-electron chi connectivity index (χ4n) is 3.10. The Morgan fingerprint density at radius 2 is 2.21 bits per heavy atom. The van der Waals surface area contributed by atoms with Gasteiger partial charge in [-0.25, -0.2) is 0 Å². The topological polar surface area (TPSA) is 54.2 Å². The second kappa shape index (κ2) is 4.70. The average Bonchev–Trinajstić information content (AvgIpc) is 3.12. The van der Waals surface area contributed by atoms with Gasteiger partial charge in [-0.15, -0.1) is 11.3 Å². The molecule has 2 atom stereocenters. The first-order valence-electron chi connectivity index (χ1n) is 6.68. The van der Waals surface area contributed by atoms with Crippen LogP contribution in [0.25, 0.3) is 10.8 Å². The Labute approximate surface area is 115 Å². The molecule has 0 spiro atoms. The zero-order valence-electron chi connectivity index (χ0n) is 10.6. The van der Waals surface area contributed by atoms with Crippen molar-refractivity contribution in [3.05, 3.63) is 23.3 Å². The van der Waals surface area contributed by atoms with E-state index in [1.807, 2.05) is 17.5 Å². The van der Waals surface area contributed by atoms with Crippen LogP contribution in [0, 0.1) is 11.8 Å². The lowest BCUT2D eigenvalue weighted by atomic mass is 10.0. The zero-order chi connectivity index (χ0) is 12.7. The number of thiophene rings is 1. The maximum Gasteiger partial charge on any atom is 0.268 e. The molecular weight excluding hydrogens is 260 g/mol. The van der Waals surface area contributed by atoms with Gasteiger partial charge in [0, 0.05) is 13.1 Å². The molecule has 2 unspecified atom stereocenters. The molecule has 0 amide bonds. The summed E-state index contributed by atoms with van der Waals surface area (Å²) in [7, 11) is 0. The van der Waals surface area contributed by atoms with Crippen molar-refractivity contribution >= 4 is 11.3 Å². The lowest BCUT2D eigenvalue weighted by Gasteiger charge is -2.13. The molecule has 19 heavy (non-hydrogen) atoms. The van der Waals surface area contributed by atoms with Crippen molar-refractivity contribution in [3.8, 4) is 10.8 Å². The quantitative estimate of drug-likeness (QED) is 0.919. The monoisotopic (exact) mass is 276 g/mol. The molecule has 2 fully saturated rings. The van der Waals surface area contributed by atoms with Gasteiger partial charge in [-0.05, 0) is 36.4 Å². The minimum atomic E-state index is 0.644. The Balaban J connectivity index is 1.44. The van der Waals surface area contributed by atoms with Crippen LogP contribution in [0.15, 0.2) is 22.0 Å². The molecule has 5 nitrogen and oxygen atoms in total. The minimum absolute atomic E-state index is 0.644. The summed E-state index contributed by atoms with van der Waals surface area (Å²) >= 11 is 1.63. The van der Waals surface area contributed by atoms with Crippen LogP contribution < -0.4 is 5.32 Å². The molecule has 0 aromatic carbocycles. The van der Waals surface area contributed by atoms with Crippen molar-refractivity contribution in [2.45, 2.75) is 6.54 Å². The van der Waals surface area contributed by atoms with Gasteiger partial charge >= 0.3 is 0 Å². The van der Waals surface area contributed by atoms with Crippen LogP contribution >= 0.6 is 11.3 Å².